The molecule has 1 saturated heterocycles. The molecule has 0 aliphatic carbocycles. The van der Waals surface area contributed by atoms with Crippen molar-refractivity contribution in [3.63, 3.8) is 0 Å². The van der Waals surface area contributed by atoms with Crippen molar-refractivity contribution in [3.8, 4) is 6.07 Å². The molecule has 11 heteroatoms. The van der Waals surface area contributed by atoms with Crippen molar-refractivity contribution in [1.82, 2.24) is 10.2 Å². The van der Waals surface area contributed by atoms with Crippen LogP contribution in [0.15, 0.2) is 18.2 Å². The maximum Gasteiger partial charge on any atom is 0.418 e. The van der Waals surface area contributed by atoms with Gasteiger partial charge in [-0.1, -0.05) is 6.92 Å². The van der Waals surface area contributed by atoms with E-state index in [-0.39, 0.29) is 12.0 Å². The third-order valence-corrected chi connectivity index (χ3v) is 4.12. The van der Waals surface area contributed by atoms with E-state index in [4.69, 9.17) is 5.26 Å². The van der Waals surface area contributed by atoms with Gasteiger partial charge in [0.05, 0.1) is 23.9 Å². The lowest BCUT2D eigenvalue weighted by Gasteiger charge is -2.19. The number of anilines is 1. The molecule has 1 aromatic rings. The van der Waals surface area contributed by atoms with E-state index >= 15 is 0 Å². The van der Waals surface area contributed by atoms with Crippen LogP contribution in [0, 0.1) is 23.1 Å². The first-order chi connectivity index (χ1) is 13.0. The van der Waals surface area contributed by atoms with Crippen LogP contribution in [0.2, 0.25) is 0 Å². The highest BCUT2D eigenvalue weighted by Crippen LogP contribution is 2.35. The zero-order valence-electron chi connectivity index (χ0n) is 14.6. The van der Waals surface area contributed by atoms with Gasteiger partial charge in [0.15, 0.2) is 0 Å². The largest absolute Gasteiger partial charge is 0.418 e. The van der Waals surface area contributed by atoms with Gasteiger partial charge in [-0.05, 0) is 30.5 Å². The number of halogens is 4. The van der Waals surface area contributed by atoms with Gasteiger partial charge in [0.1, 0.15) is 11.9 Å². The molecular weight excluding hydrogens is 384 g/mol. The molecule has 1 aliphatic heterocycles. The molecule has 1 heterocycles. The lowest BCUT2D eigenvalue weighted by atomic mass is 10.1. The molecule has 28 heavy (non-hydrogen) atoms. The van der Waals surface area contributed by atoms with Crippen LogP contribution >= 0.6 is 0 Å². The fourth-order valence-corrected chi connectivity index (χ4v) is 2.82. The molecule has 1 aliphatic rings. The number of hydrogen-bond acceptors (Lipinski definition) is 4. The third kappa shape index (κ3) is 4.97. The van der Waals surface area contributed by atoms with E-state index in [0.29, 0.717) is 25.1 Å². The predicted molar refractivity (Wildman–Crippen MR) is 87.9 cm³/mol. The molecule has 0 radical (unpaired) electrons. The number of rotatable bonds is 3. The summed E-state index contributed by atoms with van der Waals surface area (Å²) in [5.74, 6) is -4.43. The molecule has 150 valence electrons. The highest BCUT2D eigenvalue weighted by Gasteiger charge is 2.35. The topological polar surface area (TPSA) is 102 Å². The van der Waals surface area contributed by atoms with Gasteiger partial charge in [-0.2, -0.15) is 18.4 Å². The van der Waals surface area contributed by atoms with E-state index < -0.39 is 53.6 Å². The number of nitriles is 1. The Morgan fingerprint density at radius 1 is 1.29 bits per heavy atom. The van der Waals surface area contributed by atoms with E-state index in [1.165, 1.54) is 4.90 Å². The minimum absolute atomic E-state index is 0.104. The average molecular weight is 400 g/mol. The van der Waals surface area contributed by atoms with Gasteiger partial charge in [0.2, 0.25) is 5.91 Å². The van der Waals surface area contributed by atoms with Gasteiger partial charge < -0.3 is 15.5 Å². The number of likely N-dealkylation sites (tertiary alicyclic amines) is 1. The molecule has 2 rings (SSSR count). The molecule has 0 saturated carbocycles. The number of benzene rings is 1. The smallest absolute Gasteiger partial charge is 0.339 e. The van der Waals surface area contributed by atoms with Crippen LogP contribution in [0.5, 0.6) is 0 Å². The predicted octanol–water partition coefficient (Wildman–Crippen LogP) is 1.66. The Hall–Kier alpha value is -3.16. The number of amides is 3. The monoisotopic (exact) mass is 400 g/mol. The summed E-state index contributed by atoms with van der Waals surface area (Å²) in [4.78, 5) is 37.0. The molecule has 0 bridgehead atoms. The number of nitrogens with one attached hydrogen (secondary N) is 2. The summed E-state index contributed by atoms with van der Waals surface area (Å²) in [5.41, 5.74) is -2.24. The molecule has 3 amide bonds. The van der Waals surface area contributed by atoms with Crippen molar-refractivity contribution in [2.45, 2.75) is 25.6 Å². The van der Waals surface area contributed by atoms with Crippen LogP contribution in [0.25, 0.3) is 0 Å². The third-order valence-electron chi connectivity index (χ3n) is 4.12. The molecule has 7 nitrogen and oxygen atoms in total. The van der Waals surface area contributed by atoms with Crippen molar-refractivity contribution < 1.29 is 31.9 Å². The standard InChI is InChI=1S/C17H16F4N4O3/c1-9-4-11(6-22)25(8-9)14(26)7-23-15(27)16(28)24-13-3-2-10(18)5-12(13)17(19,20)21/h2-3,5,9,11H,4,7-8H2,1H3,(H,23,27)(H,24,28). The average Bonchev–Trinajstić information content (AvgIpc) is 3.00. The highest BCUT2D eigenvalue weighted by molar-refractivity contribution is 6.40. The van der Waals surface area contributed by atoms with Gasteiger partial charge in [0.25, 0.3) is 0 Å². The van der Waals surface area contributed by atoms with Crippen LogP contribution in [0.1, 0.15) is 18.9 Å². The first kappa shape index (κ1) is 21.1. The minimum Gasteiger partial charge on any atom is -0.339 e. The van der Waals surface area contributed by atoms with Gasteiger partial charge in [-0.3, -0.25) is 14.4 Å². The molecule has 0 spiro atoms. The molecule has 2 unspecified atom stereocenters. The highest BCUT2D eigenvalue weighted by atomic mass is 19.4. The Morgan fingerprint density at radius 3 is 2.57 bits per heavy atom. The number of alkyl halides is 3. The number of carbonyl (C=O) groups is 3. The van der Waals surface area contributed by atoms with Crippen LogP contribution < -0.4 is 10.6 Å². The van der Waals surface area contributed by atoms with Crippen molar-refractivity contribution in [3.05, 3.63) is 29.6 Å². The number of hydrogen-bond donors (Lipinski definition) is 2. The van der Waals surface area contributed by atoms with Crippen LogP contribution in [-0.4, -0.2) is 41.8 Å². The van der Waals surface area contributed by atoms with Gasteiger partial charge in [0, 0.05) is 6.54 Å². The summed E-state index contributed by atoms with van der Waals surface area (Å²) in [5, 5.41) is 12.8. The van der Waals surface area contributed by atoms with Crippen LogP contribution in [-0.2, 0) is 20.6 Å². The minimum atomic E-state index is -4.95. The summed E-state index contributed by atoms with van der Waals surface area (Å²) in [6, 6.07) is 2.90. The number of nitrogens with zero attached hydrogens (tertiary/aromatic N) is 2. The second-order valence-electron chi connectivity index (χ2n) is 6.36. The summed E-state index contributed by atoms with van der Waals surface area (Å²) >= 11 is 0. The summed E-state index contributed by atoms with van der Waals surface area (Å²) in [7, 11) is 0. The van der Waals surface area contributed by atoms with Gasteiger partial charge >= 0.3 is 18.0 Å². The lowest BCUT2D eigenvalue weighted by molar-refractivity contribution is -0.138. The van der Waals surface area contributed by atoms with Gasteiger partial charge in [-0.25, -0.2) is 4.39 Å². The Balaban J connectivity index is 1.98. The summed E-state index contributed by atoms with van der Waals surface area (Å²) < 4.78 is 51.8. The maximum atomic E-state index is 13.1. The molecule has 1 fully saturated rings. The SMILES string of the molecule is CC1CC(C#N)N(C(=O)CNC(=O)C(=O)Nc2ccc(F)cc2C(F)(F)F)C1. The van der Waals surface area contributed by atoms with Crippen LogP contribution in [0.4, 0.5) is 23.2 Å². The quantitative estimate of drug-likeness (QED) is 0.595. The zero-order valence-corrected chi connectivity index (χ0v) is 14.6. The fraction of sp³-hybridized carbons (Fsp3) is 0.412. The summed E-state index contributed by atoms with van der Waals surface area (Å²) in [6.07, 6.45) is -4.46. The van der Waals surface area contributed by atoms with E-state index in [2.05, 4.69) is 0 Å². The fourth-order valence-electron chi connectivity index (χ4n) is 2.82. The van der Waals surface area contributed by atoms with Crippen molar-refractivity contribution >= 4 is 23.4 Å². The molecule has 2 atom stereocenters. The van der Waals surface area contributed by atoms with Gasteiger partial charge in [-0.15, -0.1) is 0 Å². The first-order valence-corrected chi connectivity index (χ1v) is 8.18. The van der Waals surface area contributed by atoms with E-state index in [1.54, 1.807) is 5.32 Å². The maximum absolute atomic E-state index is 13.1. The van der Waals surface area contributed by atoms with E-state index in [1.807, 2.05) is 18.3 Å². The second kappa shape index (κ2) is 8.24. The van der Waals surface area contributed by atoms with E-state index in [9.17, 15) is 31.9 Å². The molecule has 2 N–H and O–H groups in total. The molecule has 1 aromatic carbocycles. The molecular formula is C17H16F4N4O3. The lowest BCUT2D eigenvalue weighted by Crippen LogP contribution is -2.45. The molecule has 0 aromatic heterocycles. The Labute approximate surface area is 157 Å². The first-order valence-electron chi connectivity index (χ1n) is 8.18. The van der Waals surface area contributed by atoms with E-state index in [0.717, 1.165) is 0 Å². The normalized spacial score (nSPS) is 19.1. The van der Waals surface area contributed by atoms with Crippen molar-refractivity contribution in [2.75, 3.05) is 18.4 Å². The Morgan fingerprint density at radius 2 is 1.96 bits per heavy atom. The zero-order chi connectivity index (χ0) is 21.1. The van der Waals surface area contributed by atoms with Crippen molar-refractivity contribution in [2.24, 2.45) is 5.92 Å². The number of carbonyl (C=O) groups excluding carboxylic acids is 3. The van der Waals surface area contributed by atoms with Crippen molar-refractivity contribution in [1.29, 1.82) is 5.26 Å². The Kier molecular flexibility index (Phi) is 6.23. The second-order valence-corrected chi connectivity index (χ2v) is 6.36. The van der Waals surface area contributed by atoms with Crippen LogP contribution in [0.3, 0.4) is 0 Å². The summed E-state index contributed by atoms with van der Waals surface area (Å²) in [6.45, 7) is 1.58. The Bertz CT molecular complexity index is 835.